The molecule has 0 aromatic heterocycles. The van der Waals surface area contributed by atoms with Crippen LogP contribution in [0.3, 0.4) is 0 Å². The lowest BCUT2D eigenvalue weighted by Crippen LogP contribution is -2.00. The first kappa shape index (κ1) is 9.43. The van der Waals surface area contributed by atoms with Gasteiger partial charge < -0.3 is 5.11 Å². The molecule has 0 saturated heterocycles. The Balaban J connectivity index is 4.19. The second-order valence-electron chi connectivity index (χ2n) is 2.46. The molecule has 0 saturated carbocycles. The normalized spacial score (nSPS) is 13.0. The molecule has 10 heavy (non-hydrogen) atoms. The molecule has 0 atom stereocenters. The van der Waals surface area contributed by atoms with E-state index in [1.54, 1.807) is 6.92 Å². The van der Waals surface area contributed by atoms with Gasteiger partial charge in [-0.15, -0.1) is 0 Å². The highest BCUT2D eigenvalue weighted by atomic mass is 28.1. The Bertz CT molecular complexity index is 161. The van der Waals surface area contributed by atoms with E-state index in [1.807, 2.05) is 0 Å². The lowest BCUT2D eigenvalue weighted by atomic mass is 10.2. The summed E-state index contributed by atoms with van der Waals surface area (Å²) in [6.45, 7) is 3.74. The Labute approximate surface area is 64.4 Å². The molecule has 0 aromatic rings. The van der Waals surface area contributed by atoms with Gasteiger partial charge >= 0.3 is 5.97 Å². The molecule has 0 aliphatic heterocycles. The monoisotopic (exact) mass is 158 g/mol. The van der Waals surface area contributed by atoms with E-state index in [9.17, 15) is 4.79 Å². The second kappa shape index (κ2) is 4.28. The SMILES string of the molecule is CCCC([SiH3])=C(C)C(=O)O. The van der Waals surface area contributed by atoms with Crippen LogP contribution in [0.1, 0.15) is 26.7 Å². The quantitative estimate of drug-likeness (QED) is 0.480. The lowest BCUT2D eigenvalue weighted by molar-refractivity contribution is -0.132. The number of carbonyl (C=O) groups is 1. The molecule has 0 amide bonds. The Morgan fingerprint density at radius 3 is 2.40 bits per heavy atom. The van der Waals surface area contributed by atoms with Crippen molar-refractivity contribution in [2.75, 3.05) is 0 Å². The zero-order chi connectivity index (χ0) is 8.15. The van der Waals surface area contributed by atoms with Crippen molar-refractivity contribution in [3.63, 3.8) is 0 Å². The van der Waals surface area contributed by atoms with Crippen LogP contribution in [0.25, 0.3) is 0 Å². The van der Waals surface area contributed by atoms with Crippen molar-refractivity contribution < 1.29 is 9.90 Å². The van der Waals surface area contributed by atoms with E-state index in [4.69, 9.17) is 5.11 Å². The summed E-state index contributed by atoms with van der Waals surface area (Å²) in [4.78, 5) is 10.4. The van der Waals surface area contributed by atoms with E-state index >= 15 is 0 Å². The molecule has 3 heteroatoms. The number of rotatable bonds is 3. The lowest BCUT2D eigenvalue weighted by Gasteiger charge is -2.00. The summed E-state index contributed by atoms with van der Waals surface area (Å²) in [7, 11) is 0.879. The maximum atomic E-state index is 10.4. The summed E-state index contributed by atoms with van der Waals surface area (Å²) >= 11 is 0. The minimum Gasteiger partial charge on any atom is -0.478 e. The summed E-state index contributed by atoms with van der Waals surface area (Å²) < 4.78 is 0. The maximum absolute atomic E-state index is 10.4. The van der Waals surface area contributed by atoms with Crippen LogP contribution in [-0.4, -0.2) is 21.3 Å². The van der Waals surface area contributed by atoms with Crippen LogP contribution in [-0.2, 0) is 4.79 Å². The van der Waals surface area contributed by atoms with E-state index in [2.05, 4.69) is 6.92 Å². The molecular weight excluding hydrogens is 144 g/mol. The van der Waals surface area contributed by atoms with Gasteiger partial charge in [0.05, 0.1) is 0 Å². The molecule has 0 aliphatic rings. The van der Waals surface area contributed by atoms with Gasteiger partial charge in [-0.3, -0.25) is 0 Å². The van der Waals surface area contributed by atoms with E-state index in [-0.39, 0.29) is 0 Å². The Hall–Kier alpha value is -0.573. The van der Waals surface area contributed by atoms with Gasteiger partial charge in [0, 0.05) is 15.8 Å². The summed E-state index contributed by atoms with van der Waals surface area (Å²) in [6, 6.07) is 0. The first-order valence-corrected chi connectivity index (χ1v) is 4.49. The number of carboxylic acids is 1. The molecule has 0 unspecified atom stereocenters. The first-order chi connectivity index (χ1) is 4.59. The maximum Gasteiger partial charge on any atom is 0.330 e. The average Bonchev–Trinajstić information content (AvgIpc) is 1.87. The molecule has 0 spiro atoms. The molecule has 0 heterocycles. The van der Waals surface area contributed by atoms with E-state index in [0.29, 0.717) is 5.57 Å². The van der Waals surface area contributed by atoms with Crippen molar-refractivity contribution in [3.8, 4) is 0 Å². The van der Waals surface area contributed by atoms with Gasteiger partial charge in [0.2, 0.25) is 0 Å². The van der Waals surface area contributed by atoms with Gasteiger partial charge in [-0.1, -0.05) is 18.5 Å². The van der Waals surface area contributed by atoms with Crippen molar-refractivity contribution in [1.82, 2.24) is 0 Å². The Morgan fingerprint density at radius 1 is 1.60 bits per heavy atom. The zero-order valence-corrected chi connectivity index (χ0v) is 8.77. The molecule has 0 radical (unpaired) electrons. The molecule has 0 bridgehead atoms. The molecule has 0 aromatic carbocycles. The number of hydrogen-bond donors (Lipinski definition) is 1. The van der Waals surface area contributed by atoms with Crippen LogP contribution in [0.5, 0.6) is 0 Å². The van der Waals surface area contributed by atoms with Gasteiger partial charge in [0.1, 0.15) is 0 Å². The summed E-state index contributed by atoms with van der Waals surface area (Å²) in [5.41, 5.74) is 0.550. The fourth-order valence-electron chi connectivity index (χ4n) is 0.745. The molecule has 0 aliphatic carbocycles. The standard InChI is InChI=1S/C7H14O2Si/c1-3-4-6(10)5(2)7(8)9/h3-4H2,1-2,10H3,(H,8,9). The Kier molecular flexibility index (Phi) is 4.03. The Morgan fingerprint density at radius 2 is 2.10 bits per heavy atom. The molecule has 1 N–H and O–H groups in total. The summed E-state index contributed by atoms with van der Waals surface area (Å²) in [6.07, 6.45) is 1.99. The first-order valence-electron chi connectivity index (χ1n) is 3.49. The number of carboxylic acid groups (broad SMARTS) is 1. The van der Waals surface area contributed by atoms with Crippen LogP contribution in [0.15, 0.2) is 10.8 Å². The minimum atomic E-state index is -0.765. The molecule has 2 nitrogen and oxygen atoms in total. The highest BCUT2D eigenvalue weighted by Gasteiger charge is 2.02. The molecule has 0 fully saturated rings. The van der Waals surface area contributed by atoms with Gasteiger partial charge in [0.15, 0.2) is 0 Å². The predicted octanol–water partition coefficient (Wildman–Crippen LogP) is 0.511. The van der Waals surface area contributed by atoms with Crippen LogP contribution in [0.4, 0.5) is 0 Å². The van der Waals surface area contributed by atoms with Crippen molar-refractivity contribution in [3.05, 3.63) is 10.8 Å². The van der Waals surface area contributed by atoms with Gasteiger partial charge in [-0.05, 0) is 13.3 Å². The van der Waals surface area contributed by atoms with Crippen molar-refractivity contribution in [1.29, 1.82) is 0 Å². The van der Waals surface area contributed by atoms with Gasteiger partial charge in [-0.25, -0.2) is 4.79 Å². The van der Waals surface area contributed by atoms with Crippen LogP contribution in [0, 0.1) is 0 Å². The zero-order valence-electron chi connectivity index (χ0n) is 6.77. The van der Waals surface area contributed by atoms with E-state index in [1.165, 1.54) is 0 Å². The molecular formula is C7H14O2Si. The number of allylic oxidation sites excluding steroid dienone is 1. The van der Waals surface area contributed by atoms with Crippen molar-refractivity contribution >= 4 is 16.2 Å². The predicted molar refractivity (Wildman–Crippen MR) is 45.2 cm³/mol. The number of hydrogen-bond acceptors (Lipinski definition) is 1. The second-order valence-corrected chi connectivity index (χ2v) is 3.67. The van der Waals surface area contributed by atoms with Crippen LogP contribution in [0.2, 0.25) is 0 Å². The smallest absolute Gasteiger partial charge is 0.330 e. The fourth-order valence-corrected chi connectivity index (χ4v) is 1.46. The van der Waals surface area contributed by atoms with Gasteiger partial charge in [0.25, 0.3) is 0 Å². The topological polar surface area (TPSA) is 37.3 Å². The summed E-state index contributed by atoms with van der Waals surface area (Å²) in [5, 5.41) is 9.66. The highest BCUT2D eigenvalue weighted by Crippen LogP contribution is 2.06. The van der Waals surface area contributed by atoms with E-state index in [0.717, 1.165) is 28.3 Å². The number of aliphatic carboxylic acids is 1. The van der Waals surface area contributed by atoms with E-state index < -0.39 is 5.97 Å². The molecule has 58 valence electrons. The average molecular weight is 158 g/mol. The van der Waals surface area contributed by atoms with Gasteiger partial charge in [-0.2, -0.15) is 0 Å². The largest absolute Gasteiger partial charge is 0.478 e. The third-order valence-electron chi connectivity index (χ3n) is 1.59. The third kappa shape index (κ3) is 2.82. The van der Waals surface area contributed by atoms with Crippen LogP contribution < -0.4 is 0 Å². The van der Waals surface area contributed by atoms with Crippen molar-refractivity contribution in [2.45, 2.75) is 26.7 Å². The summed E-state index contributed by atoms with van der Waals surface area (Å²) in [5.74, 6) is -0.765. The molecule has 0 rings (SSSR count). The highest BCUT2D eigenvalue weighted by molar-refractivity contribution is 6.24. The van der Waals surface area contributed by atoms with Crippen LogP contribution >= 0.6 is 0 Å². The van der Waals surface area contributed by atoms with Crippen molar-refractivity contribution in [2.24, 2.45) is 0 Å². The fraction of sp³-hybridized carbons (Fsp3) is 0.571. The third-order valence-corrected chi connectivity index (χ3v) is 2.84. The minimum absolute atomic E-state index is 0.550.